The molecule has 4 rings (SSSR count). The van der Waals surface area contributed by atoms with Gasteiger partial charge in [0.25, 0.3) is 0 Å². The molecule has 1 amide bonds. The molecule has 3 heterocycles. The predicted octanol–water partition coefficient (Wildman–Crippen LogP) is 3.05. The summed E-state index contributed by atoms with van der Waals surface area (Å²) < 4.78 is 13.0. The Hall–Kier alpha value is -2.12. The lowest BCUT2D eigenvalue weighted by atomic mass is 9.96. The monoisotopic (exact) mass is 459 g/mol. The summed E-state index contributed by atoms with van der Waals surface area (Å²) in [5, 5.41) is 3.08. The van der Waals surface area contributed by atoms with Gasteiger partial charge in [0.1, 0.15) is 12.7 Å². The first-order valence-corrected chi connectivity index (χ1v) is 10.9. The molecular weight excluding hydrogens is 434 g/mol. The molecule has 0 bridgehead atoms. The minimum atomic E-state index is 0.0486. The molecule has 0 saturated carbocycles. The van der Waals surface area contributed by atoms with Gasteiger partial charge in [-0.1, -0.05) is 22.0 Å². The summed E-state index contributed by atoms with van der Waals surface area (Å²) in [7, 11) is 0. The largest absolute Gasteiger partial charge is 0.486 e. The average molecular weight is 460 g/mol. The Morgan fingerprint density at radius 3 is 2.90 bits per heavy atom. The van der Waals surface area contributed by atoms with Crippen molar-refractivity contribution in [3.05, 3.63) is 52.8 Å². The number of piperidine rings is 1. The summed E-state index contributed by atoms with van der Waals surface area (Å²) in [6.07, 6.45) is 6.08. The molecule has 1 atom stereocenters. The van der Waals surface area contributed by atoms with Crippen LogP contribution in [0, 0.1) is 5.92 Å². The zero-order chi connectivity index (χ0) is 20.1. The molecule has 154 valence electrons. The highest BCUT2D eigenvalue weighted by molar-refractivity contribution is 9.10. The van der Waals surface area contributed by atoms with Crippen LogP contribution in [-0.2, 0) is 11.2 Å². The first kappa shape index (κ1) is 20.2. The summed E-state index contributed by atoms with van der Waals surface area (Å²) in [5.41, 5.74) is 0.947. The third-order valence-corrected chi connectivity index (χ3v) is 5.96. The van der Waals surface area contributed by atoms with Crippen LogP contribution in [0.5, 0.6) is 11.5 Å². The first-order chi connectivity index (χ1) is 14.2. The van der Waals surface area contributed by atoms with E-state index in [4.69, 9.17) is 9.47 Å². The molecule has 29 heavy (non-hydrogen) atoms. The van der Waals surface area contributed by atoms with Gasteiger partial charge in [-0.15, -0.1) is 0 Å². The van der Waals surface area contributed by atoms with E-state index in [0.29, 0.717) is 18.9 Å². The van der Waals surface area contributed by atoms with Crippen molar-refractivity contribution in [2.45, 2.75) is 25.4 Å². The minimum Gasteiger partial charge on any atom is -0.486 e. The molecule has 1 fully saturated rings. The maximum atomic E-state index is 12.1. The summed E-state index contributed by atoms with van der Waals surface area (Å²) in [5.74, 6) is 2.22. The fourth-order valence-electron chi connectivity index (χ4n) is 3.85. The molecule has 2 aliphatic rings. The number of pyridine rings is 1. The van der Waals surface area contributed by atoms with Crippen LogP contribution in [0.1, 0.15) is 18.4 Å². The number of rotatable bonds is 6. The van der Waals surface area contributed by atoms with Gasteiger partial charge in [0, 0.05) is 30.0 Å². The van der Waals surface area contributed by atoms with Crippen LogP contribution in [0.15, 0.2) is 47.2 Å². The number of hydrogen-bond acceptors (Lipinski definition) is 5. The Kier molecular flexibility index (Phi) is 6.67. The molecule has 2 aliphatic heterocycles. The van der Waals surface area contributed by atoms with Crippen molar-refractivity contribution < 1.29 is 14.3 Å². The van der Waals surface area contributed by atoms with Crippen LogP contribution in [0.2, 0.25) is 0 Å². The quantitative estimate of drug-likeness (QED) is 0.718. The second-order valence-electron chi connectivity index (χ2n) is 7.73. The molecule has 7 heteroatoms. The van der Waals surface area contributed by atoms with E-state index in [-0.39, 0.29) is 12.0 Å². The lowest BCUT2D eigenvalue weighted by Crippen LogP contribution is -2.45. The van der Waals surface area contributed by atoms with E-state index in [1.807, 2.05) is 30.3 Å². The van der Waals surface area contributed by atoms with Crippen molar-refractivity contribution in [1.82, 2.24) is 15.2 Å². The van der Waals surface area contributed by atoms with Crippen molar-refractivity contribution >= 4 is 21.8 Å². The summed E-state index contributed by atoms with van der Waals surface area (Å²) in [4.78, 5) is 18.6. The van der Waals surface area contributed by atoms with Gasteiger partial charge in [0.15, 0.2) is 11.5 Å². The Labute approximate surface area is 179 Å². The lowest BCUT2D eigenvalue weighted by Gasteiger charge is -2.35. The zero-order valence-electron chi connectivity index (χ0n) is 16.4. The highest BCUT2D eigenvalue weighted by Gasteiger charge is 2.26. The number of ether oxygens (including phenoxy) is 2. The fraction of sp³-hybridized carbons (Fsp3) is 0.455. The van der Waals surface area contributed by atoms with Gasteiger partial charge >= 0.3 is 0 Å². The molecule has 1 aromatic carbocycles. The molecule has 2 aromatic rings. The van der Waals surface area contributed by atoms with E-state index >= 15 is 0 Å². The number of nitrogens with zero attached hydrogens (tertiary/aromatic N) is 2. The third kappa shape index (κ3) is 5.70. The number of halogens is 1. The average Bonchev–Trinajstić information content (AvgIpc) is 2.74. The summed E-state index contributed by atoms with van der Waals surface area (Å²) >= 11 is 3.48. The van der Waals surface area contributed by atoms with Crippen LogP contribution in [0.3, 0.4) is 0 Å². The Bertz CT molecular complexity index is 825. The predicted molar refractivity (Wildman–Crippen MR) is 114 cm³/mol. The smallest absolute Gasteiger partial charge is 0.224 e. The highest BCUT2D eigenvalue weighted by atomic mass is 79.9. The van der Waals surface area contributed by atoms with Crippen LogP contribution in [-0.4, -0.2) is 54.7 Å². The van der Waals surface area contributed by atoms with Crippen molar-refractivity contribution in [3.63, 3.8) is 0 Å². The maximum Gasteiger partial charge on any atom is 0.224 e. The Balaban J connectivity index is 1.17. The van der Waals surface area contributed by atoms with Gasteiger partial charge in [0.2, 0.25) is 5.91 Å². The normalized spacial score (nSPS) is 19.7. The number of hydrogen-bond donors (Lipinski definition) is 1. The van der Waals surface area contributed by atoms with Crippen molar-refractivity contribution in [3.8, 4) is 11.5 Å². The van der Waals surface area contributed by atoms with Gasteiger partial charge in [-0.2, -0.15) is 0 Å². The van der Waals surface area contributed by atoms with E-state index in [1.54, 1.807) is 12.4 Å². The molecule has 6 nitrogen and oxygen atoms in total. The Morgan fingerprint density at radius 2 is 2.10 bits per heavy atom. The topological polar surface area (TPSA) is 63.7 Å². The lowest BCUT2D eigenvalue weighted by molar-refractivity contribution is -0.120. The number of carbonyl (C=O) groups is 1. The van der Waals surface area contributed by atoms with Crippen LogP contribution < -0.4 is 14.8 Å². The number of carbonyl (C=O) groups excluding carboxylic acids is 1. The van der Waals surface area contributed by atoms with E-state index in [2.05, 4.69) is 31.1 Å². The second-order valence-corrected chi connectivity index (χ2v) is 8.64. The summed E-state index contributed by atoms with van der Waals surface area (Å²) in [6, 6.07) is 9.64. The third-order valence-electron chi connectivity index (χ3n) is 5.47. The van der Waals surface area contributed by atoms with Crippen LogP contribution in [0.4, 0.5) is 0 Å². The Morgan fingerprint density at radius 1 is 1.24 bits per heavy atom. The highest BCUT2D eigenvalue weighted by Crippen LogP contribution is 2.34. The number of aromatic nitrogens is 1. The molecule has 0 aliphatic carbocycles. The van der Waals surface area contributed by atoms with Gasteiger partial charge in [-0.25, -0.2) is 0 Å². The maximum absolute atomic E-state index is 12.1. The van der Waals surface area contributed by atoms with Crippen LogP contribution >= 0.6 is 15.9 Å². The first-order valence-electron chi connectivity index (χ1n) is 10.1. The fourth-order valence-corrected chi connectivity index (χ4v) is 4.19. The zero-order valence-corrected chi connectivity index (χ0v) is 17.9. The van der Waals surface area contributed by atoms with E-state index in [9.17, 15) is 4.79 Å². The number of fused-ring (bicyclic) bond motifs is 1. The summed E-state index contributed by atoms with van der Waals surface area (Å²) in [6.45, 7) is 4.24. The van der Waals surface area contributed by atoms with Gasteiger partial charge < -0.3 is 14.8 Å². The number of amides is 1. The standard InChI is InChI=1S/C22H26BrN3O3/c23-18-3-4-20-21(11-18)29-19(15-28-20)14-26-8-5-16(6-9-26)13-25-22(27)10-17-2-1-7-24-12-17/h1-4,7,11-12,16,19H,5-6,8-10,13-15H2,(H,25,27)/t19-/m0/s1. The van der Waals surface area contributed by atoms with E-state index in [0.717, 1.165) is 60.6 Å². The van der Waals surface area contributed by atoms with Gasteiger partial charge in [0.05, 0.1) is 6.42 Å². The SMILES string of the molecule is O=C(Cc1cccnc1)NCC1CCN(C[C@H]2COc3ccc(Br)cc3O2)CC1. The van der Waals surface area contributed by atoms with Crippen molar-refractivity contribution in [2.75, 3.05) is 32.8 Å². The minimum absolute atomic E-state index is 0.0486. The van der Waals surface area contributed by atoms with Crippen molar-refractivity contribution in [2.24, 2.45) is 5.92 Å². The molecular formula is C22H26BrN3O3. The number of nitrogens with one attached hydrogen (secondary N) is 1. The molecule has 1 saturated heterocycles. The van der Waals surface area contributed by atoms with E-state index in [1.165, 1.54) is 0 Å². The molecule has 0 radical (unpaired) electrons. The molecule has 0 unspecified atom stereocenters. The van der Waals surface area contributed by atoms with Crippen molar-refractivity contribution in [1.29, 1.82) is 0 Å². The number of likely N-dealkylation sites (tertiary alicyclic amines) is 1. The molecule has 1 N–H and O–H groups in total. The van der Waals surface area contributed by atoms with Gasteiger partial charge in [-0.3, -0.25) is 14.7 Å². The molecule has 1 aromatic heterocycles. The van der Waals surface area contributed by atoms with Gasteiger partial charge in [-0.05, 0) is 61.7 Å². The number of benzene rings is 1. The van der Waals surface area contributed by atoms with E-state index < -0.39 is 0 Å². The van der Waals surface area contributed by atoms with Crippen LogP contribution in [0.25, 0.3) is 0 Å². The second kappa shape index (κ2) is 9.59. The molecule has 0 spiro atoms.